The van der Waals surface area contributed by atoms with Crippen molar-refractivity contribution in [2.45, 2.75) is 57.4 Å². The van der Waals surface area contributed by atoms with Crippen molar-refractivity contribution in [1.29, 1.82) is 0 Å². The van der Waals surface area contributed by atoms with E-state index >= 15 is 0 Å². The molecule has 1 saturated heterocycles. The summed E-state index contributed by atoms with van der Waals surface area (Å²) in [5.74, 6) is 1.23. The average molecular weight is 337 g/mol. The van der Waals surface area contributed by atoms with E-state index in [1.807, 2.05) is 11.8 Å². The fraction of sp³-hybridized carbons (Fsp3) is 0.706. The molecule has 1 aliphatic heterocycles. The minimum atomic E-state index is -0.243. The van der Waals surface area contributed by atoms with Crippen LogP contribution in [0.5, 0.6) is 0 Å². The summed E-state index contributed by atoms with van der Waals surface area (Å²) in [5.41, 5.74) is 0.643. The molecule has 0 aliphatic carbocycles. The molecule has 2 rings (SSSR count). The minimum Gasteiger partial charge on any atom is -0.341 e. The Hall–Kier alpha value is -1.30. The Morgan fingerprint density at radius 2 is 2.09 bits per heavy atom. The second-order valence-electron chi connectivity index (χ2n) is 6.74. The van der Waals surface area contributed by atoms with Gasteiger partial charge in [-0.25, -0.2) is 4.98 Å². The van der Waals surface area contributed by atoms with E-state index in [1.54, 1.807) is 0 Å². The number of H-pyrrole nitrogens is 1. The van der Waals surface area contributed by atoms with Crippen LogP contribution in [0.1, 0.15) is 46.2 Å². The highest BCUT2D eigenvalue weighted by Gasteiger charge is 2.29. The van der Waals surface area contributed by atoms with Gasteiger partial charge in [0.15, 0.2) is 5.16 Å². The average Bonchev–Trinajstić information content (AvgIpc) is 2.45. The first kappa shape index (κ1) is 18.0. The molecule has 1 fully saturated rings. The maximum Gasteiger partial charge on any atom is 0.251 e. The van der Waals surface area contributed by atoms with Crippen LogP contribution in [0.3, 0.4) is 0 Å². The number of carbonyl (C=O) groups is 1. The molecule has 0 spiro atoms. The number of carbonyl (C=O) groups excluding carboxylic acids is 1. The topological polar surface area (TPSA) is 66.1 Å². The van der Waals surface area contributed by atoms with Crippen molar-refractivity contribution in [1.82, 2.24) is 14.9 Å². The number of amides is 1. The molecule has 6 heteroatoms. The molecule has 1 aromatic rings. The number of hydrogen-bond donors (Lipinski definition) is 1. The Morgan fingerprint density at radius 1 is 1.43 bits per heavy atom. The summed E-state index contributed by atoms with van der Waals surface area (Å²) in [6.45, 7) is 9.99. The molecule has 1 aliphatic rings. The lowest BCUT2D eigenvalue weighted by Gasteiger charge is -2.36. The van der Waals surface area contributed by atoms with Crippen LogP contribution in [-0.4, -0.2) is 39.1 Å². The molecule has 0 bridgehead atoms. The van der Waals surface area contributed by atoms with E-state index in [0.717, 1.165) is 31.6 Å². The highest BCUT2D eigenvalue weighted by Crippen LogP contribution is 2.25. The third kappa shape index (κ3) is 5.09. The van der Waals surface area contributed by atoms with Crippen LogP contribution >= 0.6 is 11.8 Å². The number of aromatic nitrogens is 2. The third-order valence-corrected chi connectivity index (χ3v) is 5.07. The smallest absolute Gasteiger partial charge is 0.251 e. The normalized spacial score (nSPS) is 22.9. The van der Waals surface area contributed by atoms with Gasteiger partial charge in [0.1, 0.15) is 0 Å². The maximum absolute atomic E-state index is 12.7. The van der Waals surface area contributed by atoms with Crippen LogP contribution in [0.15, 0.2) is 16.0 Å². The van der Waals surface area contributed by atoms with Gasteiger partial charge in [-0.1, -0.05) is 39.0 Å². The number of likely N-dealkylation sites (tertiary alicyclic amines) is 1. The zero-order valence-corrected chi connectivity index (χ0v) is 15.3. The summed E-state index contributed by atoms with van der Waals surface area (Å²) in [7, 11) is 0. The molecular weight excluding hydrogens is 310 g/mol. The Balaban J connectivity index is 2.04. The van der Waals surface area contributed by atoms with Crippen LogP contribution in [0.25, 0.3) is 0 Å². The molecule has 1 amide bonds. The summed E-state index contributed by atoms with van der Waals surface area (Å²) in [4.78, 5) is 33.6. The standard InChI is InChI=1S/C17H27N3O2S/c1-5-6-14-8-15(21)19-17(18-14)23-13(4)16(22)20-9-11(2)7-12(3)10-20/h8,11-13H,5-7,9-10H2,1-4H3,(H,18,19,21). The van der Waals surface area contributed by atoms with Gasteiger partial charge >= 0.3 is 0 Å². The van der Waals surface area contributed by atoms with Gasteiger partial charge in [0, 0.05) is 24.8 Å². The van der Waals surface area contributed by atoms with Gasteiger partial charge in [-0.3, -0.25) is 9.59 Å². The molecular formula is C17H27N3O2S. The number of nitrogens with zero attached hydrogens (tertiary/aromatic N) is 2. The van der Waals surface area contributed by atoms with E-state index in [0.29, 0.717) is 17.0 Å². The van der Waals surface area contributed by atoms with Crippen LogP contribution < -0.4 is 5.56 Å². The molecule has 0 radical (unpaired) electrons. The Morgan fingerprint density at radius 3 is 2.70 bits per heavy atom. The van der Waals surface area contributed by atoms with Crippen molar-refractivity contribution in [3.05, 3.63) is 22.1 Å². The summed E-state index contributed by atoms with van der Waals surface area (Å²) in [6, 6.07) is 1.54. The van der Waals surface area contributed by atoms with Gasteiger partial charge in [0.25, 0.3) is 5.56 Å². The number of hydrogen-bond acceptors (Lipinski definition) is 4. The Bertz CT molecular complexity index is 592. The number of rotatable bonds is 5. The van der Waals surface area contributed by atoms with E-state index < -0.39 is 0 Å². The van der Waals surface area contributed by atoms with E-state index in [9.17, 15) is 9.59 Å². The van der Waals surface area contributed by atoms with Crippen LogP contribution in [0.4, 0.5) is 0 Å². The van der Waals surface area contributed by atoms with Crippen LogP contribution in [0, 0.1) is 11.8 Å². The number of aryl methyl sites for hydroxylation is 1. The van der Waals surface area contributed by atoms with Crippen molar-refractivity contribution in [2.75, 3.05) is 13.1 Å². The van der Waals surface area contributed by atoms with E-state index in [2.05, 4.69) is 30.7 Å². The summed E-state index contributed by atoms with van der Waals surface area (Å²) >= 11 is 1.34. The number of nitrogens with one attached hydrogen (secondary N) is 1. The minimum absolute atomic E-state index is 0.136. The first-order chi connectivity index (χ1) is 10.9. The highest BCUT2D eigenvalue weighted by atomic mass is 32.2. The quantitative estimate of drug-likeness (QED) is 0.663. The van der Waals surface area contributed by atoms with Crippen molar-refractivity contribution in [3.8, 4) is 0 Å². The van der Waals surface area contributed by atoms with Crippen molar-refractivity contribution < 1.29 is 4.79 Å². The lowest BCUT2D eigenvalue weighted by molar-refractivity contribution is -0.132. The fourth-order valence-electron chi connectivity index (χ4n) is 3.24. The van der Waals surface area contributed by atoms with E-state index in [1.165, 1.54) is 24.2 Å². The van der Waals surface area contributed by atoms with E-state index in [4.69, 9.17) is 0 Å². The van der Waals surface area contributed by atoms with Gasteiger partial charge in [-0.05, 0) is 31.6 Å². The van der Waals surface area contributed by atoms with Gasteiger partial charge in [0.2, 0.25) is 5.91 Å². The monoisotopic (exact) mass is 337 g/mol. The van der Waals surface area contributed by atoms with Gasteiger partial charge in [-0.15, -0.1) is 0 Å². The predicted octanol–water partition coefficient (Wildman–Crippen LogP) is 2.71. The highest BCUT2D eigenvalue weighted by molar-refractivity contribution is 8.00. The van der Waals surface area contributed by atoms with Crippen molar-refractivity contribution >= 4 is 17.7 Å². The largest absolute Gasteiger partial charge is 0.341 e. The first-order valence-electron chi connectivity index (χ1n) is 8.44. The van der Waals surface area contributed by atoms with Gasteiger partial charge < -0.3 is 9.88 Å². The second-order valence-corrected chi connectivity index (χ2v) is 8.07. The maximum atomic E-state index is 12.7. The van der Waals surface area contributed by atoms with E-state index in [-0.39, 0.29) is 16.7 Å². The number of thioether (sulfide) groups is 1. The van der Waals surface area contributed by atoms with Gasteiger partial charge in [-0.2, -0.15) is 0 Å². The summed E-state index contributed by atoms with van der Waals surface area (Å²) in [5, 5.41) is 0.299. The molecule has 5 nitrogen and oxygen atoms in total. The van der Waals surface area contributed by atoms with Crippen molar-refractivity contribution in [3.63, 3.8) is 0 Å². The molecule has 3 atom stereocenters. The second kappa shape index (κ2) is 7.99. The molecule has 1 N–H and O–H groups in total. The Kier molecular flexibility index (Phi) is 6.27. The molecule has 0 saturated carbocycles. The summed E-state index contributed by atoms with van der Waals surface area (Å²) < 4.78 is 0. The molecule has 3 unspecified atom stereocenters. The zero-order chi connectivity index (χ0) is 17.0. The lowest BCUT2D eigenvalue weighted by Crippen LogP contribution is -2.45. The number of piperidine rings is 1. The SMILES string of the molecule is CCCc1cc(=O)[nH]c(SC(C)C(=O)N2CC(C)CC(C)C2)n1. The summed E-state index contributed by atoms with van der Waals surface area (Å²) in [6.07, 6.45) is 2.90. The molecule has 1 aromatic heterocycles. The lowest BCUT2D eigenvalue weighted by atomic mass is 9.92. The van der Waals surface area contributed by atoms with Crippen LogP contribution in [0.2, 0.25) is 0 Å². The molecule has 23 heavy (non-hydrogen) atoms. The molecule has 2 heterocycles. The molecule has 0 aromatic carbocycles. The van der Waals surface area contributed by atoms with Crippen LogP contribution in [-0.2, 0) is 11.2 Å². The third-order valence-electron chi connectivity index (χ3n) is 4.10. The van der Waals surface area contributed by atoms with Crippen molar-refractivity contribution in [2.24, 2.45) is 11.8 Å². The Labute approximate surface area is 142 Å². The number of aromatic amines is 1. The predicted molar refractivity (Wildman–Crippen MR) is 93.7 cm³/mol. The first-order valence-corrected chi connectivity index (χ1v) is 9.32. The fourth-order valence-corrected chi connectivity index (χ4v) is 4.16. The zero-order valence-electron chi connectivity index (χ0n) is 14.5. The molecule has 128 valence electrons. The van der Waals surface area contributed by atoms with Gasteiger partial charge in [0.05, 0.1) is 5.25 Å².